The molecule has 0 aromatic carbocycles. The summed E-state index contributed by atoms with van der Waals surface area (Å²) >= 11 is 0. The van der Waals surface area contributed by atoms with Crippen molar-refractivity contribution in [1.29, 1.82) is 5.26 Å². The summed E-state index contributed by atoms with van der Waals surface area (Å²) < 4.78 is 36.9. The maximum Gasteiger partial charge on any atom is 0.401 e. The standard InChI is InChI=1S/C14H20F3N3O/c15-14(16,17)10-20-7-3-11(4-8-20)12(21)19-13(9-18)5-1-2-6-13/h11H,1-8,10H2,(H,19,21). The number of alkyl halides is 3. The van der Waals surface area contributed by atoms with Gasteiger partial charge in [-0.1, -0.05) is 0 Å². The number of nitrogens with one attached hydrogen (secondary N) is 1. The molecule has 2 fully saturated rings. The summed E-state index contributed by atoms with van der Waals surface area (Å²) in [5.41, 5.74) is -0.750. The first kappa shape index (κ1) is 16.1. The Kier molecular flexibility index (Phi) is 4.77. The lowest BCUT2D eigenvalue weighted by molar-refractivity contribution is -0.149. The number of carbonyl (C=O) groups is 1. The summed E-state index contributed by atoms with van der Waals surface area (Å²) in [6, 6.07) is 2.20. The van der Waals surface area contributed by atoms with Crippen LogP contribution in [0.5, 0.6) is 0 Å². The number of hydrogen-bond acceptors (Lipinski definition) is 3. The number of likely N-dealkylation sites (tertiary alicyclic amines) is 1. The molecular weight excluding hydrogens is 283 g/mol. The zero-order valence-corrected chi connectivity index (χ0v) is 11.9. The molecule has 0 aromatic rings. The molecule has 1 aliphatic carbocycles. The molecule has 0 bridgehead atoms. The molecule has 0 unspecified atom stereocenters. The first-order valence-corrected chi connectivity index (χ1v) is 7.36. The van der Waals surface area contributed by atoms with E-state index in [0.717, 1.165) is 12.8 Å². The van der Waals surface area contributed by atoms with Crippen molar-refractivity contribution in [2.45, 2.75) is 50.2 Å². The number of nitrogens with zero attached hydrogens (tertiary/aromatic N) is 2. The second-order valence-electron chi connectivity index (χ2n) is 6.06. The van der Waals surface area contributed by atoms with Gasteiger partial charge < -0.3 is 5.32 Å². The predicted octanol–water partition coefficient (Wildman–Crippen LogP) is 2.21. The third-order valence-electron chi connectivity index (χ3n) is 4.39. The van der Waals surface area contributed by atoms with E-state index in [1.54, 1.807) is 0 Å². The van der Waals surface area contributed by atoms with Crippen LogP contribution in [0.2, 0.25) is 0 Å². The highest BCUT2D eigenvalue weighted by atomic mass is 19.4. The molecule has 0 radical (unpaired) electrons. The molecule has 4 nitrogen and oxygen atoms in total. The van der Waals surface area contributed by atoms with E-state index in [-0.39, 0.29) is 24.9 Å². The van der Waals surface area contributed by atoms with E-state index in [9.17, 15) is 23.2 Å². The summed E-state index contributed by atoms with van der Waals surface area (Å²) in [6.45, 7) is -0.363. The van der Waals surface area contributed by atoms with Crippen molar-refractivity contribution in [2.75, 3.05) is 19.6 Å². The van der Waals surface area contributed by atoms with Gasteiger partial charge in [0.2, 0.25) is 5.91 Å². The molecule has 1 saturated heterocycles. The van der Waals surface area contributed by atoms with Crippen LogP contribution in [0.15, 0.2) is 0 Å². The Morgan fingerprint density at radius 2 is 1.86 bits per heavy atom. The zero-order valence-electron chi connectivity index (χ0n) is 11.9. The second-order valence-corrected chi connectivity index (χ2v) is 6.06. The molecule has 1 aliphatic heterocycles. The van der Waals surface area contributed by atoms with Crippen molar-refractivity contribution in [3.05, 3.63) is 0 Å². The fourth-order valence-electron chi connectivity index (χ4n) is 3.19. The van der Waals surface area contributed by atoms with Crippen LogP contribution >= 0.6 is 0 Å². The fourth-order valence-corrected chi connectivity index (χ4v) is 3.19. The second kappa shape index (κ2) is 6.22. The van der Waals surface area contributed by atoms with Crippen LogP contribution in [-0.2, 0) is 4.79 Å². The normalized spacial score (nSPS) is 23.7. The topological polar surface area (TPSA) is 56.1 Å². The van der Waals surface area contributed by atoms with Crippen molar-refractivity contribution >= 4 is 5.91 Å². The molecule has 0 aromatic heterocycles. The molecule has 0 spiro atoms. The van der Waals surface area contributed by atoms with Crippen molar-refractivity contribution in [3.8, 4) is 6.07 Å². The van der Waals surface area contributed by atoms with Gasteiger partial charge in [-0.2, -0.15) is 18.4 Å². The average Bonchev–Trinajstić information content (AvgIpc) is 2.87. The highest BCUT2D eigenvalue weighted by Crippen LogP contribution is 2.30. The van der Waals surface area contributed by atoms with E-state index in [0.29, 0.717) is 25.7 Å². The largest absolute Gasteiger partial charge is 0.401 e. The highest BCUT2D eigenvalue weighted by molar-refractivity contribution is 5.80. The molecule has 1 heterocycles. The fraction of sp³-hybridized carbons (Fsp3) is 0.857. The van der Waals surface area contributed by atoms with Crippen molar-refractivity contribution in [2.24, 2.45) is 5.92 Å². The quantitative estimate of drug-likeness (QED) is 0.869. The SMILES string of the molecule is N#CC1(NC(=O)C2CCN(CC(F)(F)F)CC2)CCCC1. The molecule has 118 valence electrons. The van der Waals surface area contributed by atoms with Gasteiger partial charge in [-0.3, -0.25) is 9.69 Å². The Labute approximate surface area is 122 Å². The number of amides is 1. The number of carbonyl (C=O) groups excluding carboxylic acids is 1. The zero-order chi connectivity index (χ0) is 15.5. The average molecular weight is 303 g/mol. The molecule has 1 N–H and O–H groups in total. The number of halogens is 3. The lowest BCUT2D eigenvalue weighted by Gasteiger charge is -2.33. The Morgan fingerprint density at radius 1 is 1.29 bits per heavy atom. The van der Waals surface area contributed by atoms with Gasteiger partial charge in [0.25, 0.3) is 0 Å². The minimum Gasteiger partial charge on any atom is -0.338 e. The number of rotatable bonds is 3. The molecule has 1 saturated carbocycles. The molecule has 2 aliphatic rings. The van der Waals surface area contributed by atoms with Crippen molar-refractivity contribution in [3.63, 3.8) is 0 Å². The summed E-state index contributed by atoms with van der Waals surface area (Å²) in [7, 11) is 0. The monoisotopic (exact) mass is 303 g/mol. The maximum absolute atomic E-state index is 12.3. The Balaban J connectivity index is 1.82. The van der Waals surface area contributed by atoms with E-state index in [4.69, 9.17) is 0 Å². The minimum atomic E-state index is -4.19. The Morgan fingerprint density at radius 3 is 2.33 bits per heavy atom. The van der Waals surface area contributed by atoms with Crippen LogP contribution in [0.1, 0.15) is 38.5 Å². The first-order valence-electron chi connectivity index (χ1n) is 7.36. The van der Waals surface area contributed by atoms with Gasteiger partial charge in [-0.25, -0.2) is 0 Å². The van der Waals surface area contributed by atoms with Crippen LogP contribution < -0.4 is 5.32 Å². The minimum absolute atomic E-state index is 0.176. The lowest BCUT2D eigenvalue weighted by Crippen LogP contribution is -2.50. The molecular formula is C14H20F3N3O. The van der Waals surface area contributed by atoms with Gasteiger partial charge in [0.15, 0.2) is 0 Å². The number of hydrogen-bond donors (Lipinski definition) is 1. The van der Waals surface area contributed by atoms with Gasteiger partial charge >= 0.3 is 6.18 Å². The first-order chi connectivity index (χ1) is 9.84. The summed E-state index contributed by atoms with van der Waals surface area (Å²) in [5, 5.41) is 12.1. The van der Waals surface area contributed by atoms with Crippen LogP contribution in [0.4, 0.5) is 13.2 Å². The third-order valence-corrected chi connectivity index (χ3v) is 4.39. The summed E-state index contributed by atoms with van der Waals surface area (Å²) in [5.74, 6) is -0.453. The third kappa shape index (κ3) is 4.34. The van der Waals surface area contributed by atoms with E-state index >= 15 is 0 Å². The number of nitriles is 1. The molecule has 1 amide bonds. The van der Waals surface area contributed by atoms with Gasteiger partial charge in [0, 0.05) is 5.92 Å². The molecule has 0 atom stereocenters. The van der Waals surface area contributed by atoms with E-state index in [2.05, 4.69) is 11.4 Å². The van der Waals surface area contributed by atoms with Crippen molar-refractivity contribution in [1.82, 2.24) is 10.2 Å². The number of piperidine rings is 1. The molecule has 7 heteroatoms. The summed E-state index contributed by atoms with van der Waals surface area (Å²) in [4.78, 5) is 13.5. The van der Waals surface area contributed by atoms with Crippen LogP contribution in [0.3, 0.4) is 0 Å². The van der Waals surface area contributed by atoms with Gasteiger partial charge in [-0.15, -0.1) is 0 Å². The van der Waals surface area contributed by atoms with Crippen LogP contribution in [0.25, 0.3) is 0 Å². The molecule has 2 rings (SSSR count). The van der Waals surface area contributed by atoms with E-state index in [1.165, 1.54) is 4.90 Å². The Bertz CT molecular complexity index is 416. The Hall–Kier alpha value is -1.29. The summed E-state index contributed by atoms with van der Waals surface area (Å²) in [6.07, 6.45) is -0.156. The molecule has 21 heavy (non-hydrogen) atoms. The van der Waals surface area contributed by atoms with E-state index in [1.807, 2.05) is 0 Å². The lowest BCUT2D eigenvalue weighted by atomic mass is 9.93. The maximum atomic E-state index is 12.3. The van der Waals surface area contributed by atoms with Crippen LogP contribution in [-0.4, -0.2) is 42.2 Å². The van der Waals surface area contributed by atoms with Crippen LogP contribution in [0, 0.1) is 17.2 Å². The van der Waals surface area contributed by atoms with Gasteiger partial charge in [0.05, 0.1) is 12.6 Å². The van der Waals surface area contributed by atoms with E-state index < -0.39 is 18.3 Å². The smallest absolute Gasteiger partial charge is 0.338 e. The van der Waals surface area contributed by atoms with Crippen molar-refractivity contribution < 1.29 is 18.0 Å². The highest BCUT2D eigenvalue weighted by Gasteiger charge is 2.38. The van der Waals surface area contributed by atoms with Gasteiger partial charge in [-0.05, 0) is 51.6 Å². The van der Waals surface area contributed by atoms with Gasteiger partial charge in [0.1, 0.15) is 5.54 Å². The predicted molar refractivity (Wildman–Crippen MR) is 70.2 cm³/mol.